The van der Waals surface area contributed by atoms with Gasteiger partial charge in [0.15, 0.2) is 5.65 Å². The first-order valence-electron chi connectivity index (χ1n) is 8.66. The molecule has 134 valence electrons. The van der Waals surface area contributed by atoms with Crippen LogP contribution in [0, 0.1) is 0 Å². The van der Waals surface area contributed by atoms with Crippen molar-refractivity contribution in [3.8, 4) is 0 Å². The van der Waals surface area contributed by atoms with Crippen molar-refractivity contribution in [3.05, 3.63) is 62.6 Å². The van der Waals surface area contributed by atoms with Crippen molar-refractivity contribution < 1.29 is 0 Å². The van der Waals surface area contributed by atoms with Gasteiger partial charge in [-0.25, -0.2) is 14.8 Å². The highest BCUT2D eigenvalue weighted by molar-refractivity contribution is 7.99. The predicted octanol–water partition coefficient (Wildman–Crippen LogP) is 2.76. The quantitative estimate of drug-likeness (QED) is 0.523. The van der Waals surface area contributed by atoms with Crippen molar-refractivity contribution in [2.45, 2.75) is 36.0 Å². The molecule has 1 aromatic carbocycles. The van der Waals surface area contributed by atoms with E-state index in [1.165, 1.54) is 17.2 Å². The fourth-order valence-corrected chi connectivity index (χ4v) is 4.08. The fourth-order valence-electron chi connectivity index (χ4n) is 3.01. The summed E-state index contributed by atoms with van der Waals surface area (Å²) in [7, 11) is 3.15. The lowest BCUT2D eigenvalue weighted by Crippen LogP contribution is -2.37. The molecule has 1 saturated carbocycles. The molecule has 2 aromatic heterocycles. The third kappa shape index (κ3) is 2.86. The smallest absolute Gasteiger partial charge is 0.280 e. The maximum absolute atomic E-state index is 12.8. The van der Waals surface area contributed by atoms with Crippen molar-refractivity contribution in [1.29, 1.82) is 0 Å². The van der Waals surface area contributed by atoms with Gasteiger partial charge in [0.25, 0.3) is 5.56 Å². The topological polar surface area (TPSA) is 69.8 Å². The van der Waals surface area contributed by atoms with Gasteiger partial charge in [0, 0.05) is 25.3 Å². The van der Waals surface area contributed by atoms with Crippen LogP contribution in [0.25, 0.3) is 11.0 Å². The van der Waals surface area contributed by atoms with Gasteiger partial charge in [-0.2, -0.15) is 0 Å². The third-order valence-electron chi connectivity index (χ3n) is 4.78. The molecule has 0 aliphatic heterocycles. The van der Waals surface area contributed by atoms with E-state index in [0.29, 0.717) is 22.0 Å². The Morgan fingerprint density at radius 3 is 2.42 bits per heavy atom. The maximum atomic E-state index is 12.8. The molecule has 6 nitrogen and oxygen atoms in total. The summed E-state index contributed by atoms with van der Waals surface area (Å²) in [6.45, 7) is 2.09. The summed E-state index contributed by atoms with van der Waals surface area (Å²) in [4.78, 5) is 34.4. The van der Waals surface area contributed by atoms with Crippen LogP contribution in [0.5, 0.6) is 0 Å². The van der Waals surface area contributed by atoms with E-state index in [-0.39, 0.29) is 16.5 Å². The monoisotopic (exact) mass is 368 g/mol. The Hall–Kier alpha value is -2.41. The molecule has 1 aliphatic rings. The summed E-state index contributed by atoms with van der Waals surface area (Å²) in [6.07, 6.45) is 2.12. The van der Waals surface area contributed by atoms with E-state index in [4.69, 9.17) is 4.98 Å². The van der Waals surface area contributed by atoms with Crippen molar-refractivity contribution >= 4 is 22.8 Å². The average molecular weight is 368 g/mol. The van der Waals surface area contributed by atoms with Crippen molar-refractivity contribution in [2.75, 3.05) is 0 Å². The Morgan fingerprint density at radius 2 is 1.77 bits per heavy atom. The lowest BCUT2D eigenvalue weighted by molar-refractivity contribution is 0.698. The van der Waals surface area contributed by atoms with Gasteiger partial charge in [0.05, 0.1) is 0 Å². The zero-order valence-electron chi connectivity index (χ0n) is 15.0. The molecular weight excluding hydrogens is 348 g/mol. The average Bonchev–Trinajstić information content (AvgIpc) is 3.50. The van der Waals surface area contributed by atoms with Gasteiger partial charge in [-0.1, -0.05) is 42.1 Å². The third-order valence-corrected chi connectivity index (χ3v) is 5.93. The molecule has 2 heterocycles. The Balaban J connectivity index is 1.92. The number of hydrogen-bond acceptors (Lipinski definition) is 5. The van der Waals surface area contributed by atoms with Crippen molar-refractivity contribution in [3.63, 3.8) is 0 Å². The molecule has 0 amide bonds. The van der Waals surface area contributed by atoms with E-state index >= 15 is 0 Å². The first kappa shape index (κ1) is 17.0. The molecule has 0 unspecified atom stereocenters. The maximum Gasteiger partial charge on any atom is 0.332 e. The van der Waals surface area contributed by atoms with Gasteiger partial charge in [-0.3, -0.25) is 13.9 Å². The SMILES string of the molecule is C[C@@H](Sc1nc(C2CC2)nc2c1c(=O)n(C)c(=O)n2C)c1ccccc1. The second-order valence-corrected chi connectivity index (χ2v) is 8.07. The van der Waals surface area contributed by atoms with E-state index in [2.05, 4.69) is 24.0 Å². The number of fused-ring (bicyclic) bond motifs is 1. The molecule has 1 fully saturated rings. The Kier molecular flexibility index (Phi) is 4.19. The molecule has 0 spiro atoms. The van der Waals surface area contributed by atoms with Gasteiger partial charge in [0.2, 0.25) is 0 Å². The highest BCUT2D eigenvalue weighted by Crippen LogP contribution is 2.41. The van der Waals surface area contributed by atoms with Crippen molar-refractivity contribution in [2.24, 2.45) is 14.1 Å². The molecule has 3 aromatic rings. The molecule has 1 aliphatic carbocycles. The van der Waals surface area contributed by atoms with E-state index in [1.54, 1.807) is 18.8 Å². The summed E-state index contributed by atoms with van der Waals surface area (Å²) in [5, 5.41) is 1.21. The second kappa shape index (κ2) is 6.39. The number of aryl methyl sites for hydroxylation is 1. The molecular formula is C19H20N4O2S. The second-order valence-electron chi connectivity index (χ2n) is 6.74. The van der Waals surface area contributed by atoms with E-state index < -0.39 is 0 Å². The number of rotatable bonds is 4. The highest BCUT2D eigenvalue weighted by Gasteiger charge is 2.29. The lowest BCUT2D eigenvalue weighted by atomic mass is 10.2. The van der Waals surface area contributed by atoms with E-state index in [0.717, 1.165) is 23.2 Å². The summed E-state index contributed by atoms with van der Waals surface area (Å²) >= 11 is 1.54. The number of benzene rings is 1. The minimum Gasteiger partial charge on any atom is -0.280 e. The minimum absolute atomic E-state index is 0.128. The summed E-state index contributed by atoms with van der Waals surface area (Å²) in [5.41, 5.74) is 0.889. The van der Waals surface area contributed by atoms with Gasteiger partial charge >= 0.3 is 5.69 Å². The molecule has 0 saturated heterocycles. The van der Waals surface area contributed by atoms with Crippen LogP contribution in [0.1, 0.15) is 42.3 Å². The van der Waals surface area contributed by atoms with E-state index in [1.807, 2.05) is 18.2 Å². The highest BCUT2D eigenvalue weighted by atomic mass is 32.2. The Labute approximate surface area is 154 Å². The van der Waals surface area contributed by atoms with Crippen LogP contribution < -0.4 is 11.2 Å². The summed E-state index contributed by atoms with van der Waals surface area (Å²) in [5.74, 6) is 1.08. The molecule has 4 rings (SSSR count). The number of thioether (sulfide) groups is 1. The van der Waals surface area contributed by atoms with Crippen LogP contribution in [0.4, 0.5) is 0 Å². The standard InChI is InChI=1S/C19H20N4O2S/c1-11(12-7-5-4-6-8-12)26-17-14-16(20-15(21-17)13-9-10-13)22(2)19(25)23(3)18(14)24/h4-8,11,13H,9-10H2,1-3H3/t11-/m1/s1. The number of hydrogen-bond donors (Lipinski definition) is 0. The zero-order valence-corrected chi connectivity index (χ0v) is 15.8. The van der Waals surface area contributed by atoms with Crippen molar-refractivity contribution in [1.82, 2.24) is 19.1 Å². The predicted molar refractivity (Wildman–Crippen MR) is 103 cm³/mol. The Morgan fingerprint density at radius 1 is 1.08 bits per heavy atom. The molecule has 0 radical (unpaired) electrons. The van der Waals surface area contributed by atoms with Gasteiger partial charge in [0.1, 0.15) is 16.2 Å². The van der Waals surface area contributed by atoms with Gasteiger partial charge in [-0.05, 0) is 25.3 Å². The van der Waals surface area contributed by atoms with E-state index in [9.17, 15) is 9.59 Å². The number of nitrogens with zero attached hydrogens (tertiary/aromatic N) is 4. The molecule has 0 bridgehead atoms. The van der Waals surface area contributed by atoms with Crippen LogP contribution in [-0.4, -0.2) is 19.1 Å². The first-order valence-corrected chi connectivity index (χ1v) is 9.54. The molecule has 0 N–H and O–H groups in total. The van der Waals surface area contributed by atoms with Gasteiger partial charge < -0.3 is 0 Å². The fraction of sp³-hybridized carbons (Fsp3) is 0.368. The Bertz CT molecular complexity index is 1100. The summed E-state index contributed by atoms with van der Waals surface area (Å²) < 4.78 is 2.57. The zero-order chi connectivity index (χ0) is 18.4. The van der Waals surface area contributed by atoms with Crippen LogP contribution in [0.2, 0.25) is 0 Å². The number of aromatic nitrogens is 4. The van der Waals surface area contributed by atoms with Crippen LogP contribution >= 0.6 is 11.8 Å². The summed E-state index contributed by atoms with van der Waals surface area (Å²) in [6, 6.07) is 10.1. The van der Waals surface area contributed by atoms with Crippen LogP contribution in [-0.2, 0) is 14.1 Å². The molecule has 7 heteroatoms. The normalized spacial score (nSPS) is 15.3. The first-order chi connectivity index (χ1) is 12.5. The van der Waals surface area contributed by atoms with Crippen LogP contribution in [0.15, 0.2) is 44.9 Å². The molecule has 1 atom stereocenters. The van der Waals surface area contributed by atoms with Gasteiger partial charge in [-0.15, -0.1) is 0 Å². The minimum atomic E-state index is -0.366. The lowest BCUT2D eigenvalue weighted by Gasteiger charge is -2.15. The largest absolute Gasteiger partial charge is 0.332 e. The molecule has 26 heavy (non-hydrogen) atoms. The van der Waals surface area contributed by atoms with Crippen LogP contribution in [0.3, 0.4) is 0 Å².